The summed E-state index contributed by atoms with van der Waals surface area (Å²) in [4.78, 5) is 25.6. The SMILES string of the molecule is O=C(NCCCN1CCCCCC1=O)C1CCCC1. The molecule has 2 aliphatic rings. The van der Waals surface area contributed by atoms with Crippen LogP contribution in [0.1, 0.15) is 57.8 Å². The molecule has 0 aromatic carbocycles. The number of likely N-dealkylation sites (tertiary alicyclic amines) is 1. The van der Waals surface area contributed by atoms with E-state index in [4.69, 9.17) is 0 Å². The lowest BCUT2D eigenvalue weighted by atomic mass is 10.1. The molecule has 4 heteroatoms. The van der Waals surface area contributed by atoms with Crippen molar-refractivity contribution in [1.29, 1.82) is 0 Å². The second kappa shape index (κ2) is 7.51. The van der Waals surface area contributed by atoms with Crippen LogP contribution in [-0.2, 0) is 9.59 Å². The molecule has 0 aromatic rings. The second-order valence-electron chi connectivity index (χ2n) is 5.82. The first-order valence-electron chi connectivity index (χ1n) is 7.83. The molecule has 19 heavy (non-hydrogen) atoms. The van der Waals surface area contributed by atoms with Gasteiger partial charge in [0.05, 0.1) is 0 Å². The standard InChI is InChI=1S/C15H26N2O2/c18-14-9-2-1-5-11-17(14)12-6-10-16-15(19)13-7-3-4-8-13/h13H,1-12H2,(H,16,19). The summed E-state index contributed by atoms with van der Waals surface area (Å²) in [7, 11) is 0. The van der Waals surface area contributed by atoms with Gasteiger partial charge in [0.25, 0.3) is 0 Å². The van der Waals surface area contributed by atoms with Crippen LogP contribution in [0.3, 0.4) is 0 Å². The molecular weight excluding hydrogens is 240 g/mol. The number of nitrogens with one attached hydrogen (secondary N) is 1. The molecule has 1 saturated carbocycles. The van der Waals surface area contributed by atoms with Gasteiger partial charge in [0.1, 0.15) is 0 Å². The third kappa shape index (κ3) is 4.51. The smallest absolute Gasteiger partial charge is 0.223 e. The van der Waals surface area contributed by atoms with Gasteiger partial charge < -0.3 is 10.2 Å². The Bertz CT molecular complexity index is 311. The summed E-state index contributed by atoms with van der Waals surface area (Å²) in [5, 5.41) is 3.02. The predicted octanol–water partition coefficient (Wildman–Crippen LogP) is 2.09. The van der Waals surface area contributed by atoms with Gasteiger partial charge in [-0.3, -0.25) is 9.59 Å². The van der Waals surface area contributed by atoms with Crippen LogP contribution in [-0.4, -0.2) is 36.3 Å². The summed E-state index contributed by atoms with van der Waals surface area (Å²) < 4.78 is 0. The van der Waals surface area contributed by atoms with Crippen molar-refractivity contribution >= 4 is 11.8 Å². The Morgan fingerprint density at radius 1 is 1.16 bits per heavy atom. The van der Waals surface area contributed by atoms with Gasteiger partial charge >= 0.3 is 0 Å². The molecule has 108 valence electrons. The van der Waals surface area contributed by atoms with E-state index in [2.05, 4.69) is 5.32 Å². The molecule has 0 spiro atoms. The Morgan fingerprint density at radius 3 is 2.74 bits per heavy atom. The fraction of sp³-hybridized carbons (Fsp3) is 0.867. The maximum atomic E-state index is 11.8. The molecule has 1 heterocycles. The van der Waals surface area contributed by atoms with Crippen molar-refractivity contribution in [1.82, 2.24) is 10.2 Å². The van der Waals surface area contributed by atoms with Crippen molar-refractivity contribution in [2.75, 3.05) is 19.6 Å². The number of amides is 2. The van der Waals surface area contributed by atoms with E-state index in [1.165, 1.54) is 19.3 Å². The highest BCUT2D eigenvalue weighted by molar-refractivity contribution is 5.78. The minimum atomic E-state index is 0.222. The molecule has 1 N–H and O–H groups in total. The molecule has 2 amide bonds. The highest BCUT2D eigenvalue weighted by Gasteiger charge is 2.22. The van der Waals surface area contributed by atoms with Crippen LogP contribution in [0.5, 0.6) is 0 Å². The topological polar surface area (TPSA) is 49.4 Å². The Hall–Kier alpha value is -1.06. The number of hydrogen-bond acceptors (Lipinski definition) is 2. The molecular formula is C15H26N2O2. The molecule has 1 saturated heterocycles. The molecule has 0 radical (unpaired) electrons. The Balaban J connectivity index is 1.60. The zero-order valence-electron chi connectivity index (χ0n) is 11.8. The molecule has 0 aromatic heterocycles. The van der Waals surface area contributed by atoms with Crippen molar-refractivity contribution in [3.05, 3.63) is 0 Å². The first-order chi connectivity index (χ1) is 9.27. The maximum absolute atomic E-state index is 11.8. The lowest BCUT2D eigenvalue weighted by Gasteiger charge is -2.20. The molecule has 4 nitrogen and oxygen atoms in total. The summed E-state index contributed by atoms with van der Waals surface area (Å²) in [5.41, 5.74) is 0. The lowest BCUT2D eigenvalue weighted by Crippen LogP contribution is -2.35. The van der Waals surface area contributed by atoms with Crippen molar-refractivity contribution in [3.63, 3.8) is 0 Å². The van der Waals surface area contributed by atoms with Crippen LogP contribution in [0.25, 0.3) is 0 Å². The van der Waals surface area contributed by atoms with Gasteiger partial charge in [-0.2, -0.15) is 0 Å². The molecule has 2 fully saturated rings. The van der Waals surface area contributed by atoms with Gasteiger partial charge in [-0.05, 0) is 32.1 Å². The van der Waals surface area contributed by atoms with Crippen molar-refractivity contribution < 1.29 is 9.59 Å². The van der Waals surface area contributed by atoms with Crippen LogP contribution in [0.15, 0.2) is 0 Å². The quantitative estimate of drug-likeness (QED) is 0.775. The Kier molecular flexibility index (Phi) is 5.67. The average molecular weight is 266 g/mol. The van der Waals surface area contributed by atoms with Gasteiger partial charge in [0, 0.05) is 32.0 Å². The molecule has 0 bridgehead atoms. The first-order valence-corrected chi connectivity index (χ1v) is 7.83. The van der Waals surface area contributed by atoms with E-state index in [-0.39, 0.29) is 11.8 Å². The van der Waals surface area contributed by atoms with Crippen LogP contribution in [0, 0.1) is 5.92 Å². The normalized spacial score (nSPS) is 21.5. The zero-order valence-corrected chi connectivity index (χ0v) is 11.8. The van der Waals surface area contributed by atoms with Gasteiger partial charge in [-0.1, -0.05) is 19.3 Å². The zero-order chi connectivity index (χ0) is 13.5. The fourth-order valence-corrected chi connectivity index (χ4v) is 3.09. The number of nitrogens with zero attached hydrogens (tertiary/aromatic N) is 1. The van der Waals surface area contributed by atoms with E-state index in [1.807, 2.05) is 4.90 Å². The van der Waals surface area contributed by atoms with Gasteiger partial charge in [-0.25, -0.2) is 0 Å². The Labute approximate surface area is 115 Å². The van der Waals surface area contributed by atoms with Crippen LogP contribution in [0.2, 0.25) is 0 Å². The van der Waals surface area contributed by atoms with E-state index < -0.39 is 0 Å². The van der Waals surface area contributed by atoms with Crippen molar-refractivity contribution in [2.45, 2.75) is 57.8 Å². The summed E-state index contributed by atoms with van der Waals surface area (Å²) in [6.07, 6.45) is 9.40. The fourth-order valence-electron chi connectivity index (χ4n) is 3.09. The summed E-state index contributed by atoms with van der Waals surface area (Å²) >= 11 is 0. The van der Waals surface area contributed by atoms with Crippen LogP contribution in [0.4, 0.5) is 0 Å². The number of carbonyl (C=O) groups is 2. The van der Waals surface area contributed by atoms with E-state index in [1.54, 1.807) is 0 Å². The number of rotatable bonds is 5. The van der Waals surface area contributed by atoms with E-state index in [0.29, 0.717) is 18.9 Å². The van der Waals surface area contributed by atoms with Crippen molar-refractivity contribution in [2.24, 2.45) is 5.92 Å². The Morgan fingerprint density at radius 2 is 1.95 bits per heavy atom. The molecule has 0 unspecified atom stereocenters. The minimum absolute atomic E-state index is 0.222. The third-order valence-corrected chi connectivity index (χ3v) is 4.30. The van der Waals surface area contributed by atoms with Crippen LogP contribution >= 0.6 is 0 Å². The highest BCUT2D eigenvalue weighted by atomic mass is 16.2. The van der Waals surface area contributed by atoms with E-state index in [0.717, 1.165) is 45.2 Å². The molecule has 0 atom stereocenters. The molecule has 1 aliphatic carbocycles. The van der Waals surface area contributed by atoms with Crippen LogP contribution < -0.4 is 5.32 Å². The number of carbonyl (C=O) groups excluding carboxylic acids is 2. The average Bonchev–Trinajstić information content (AvgIpc) is 2.87. The summed E-state index contributed by atoms with van der Waals surface area (Å²) in [5.74, 6) is 0.763. The van der Waals surface area contributed by atoms with Gasteiger partial charge in [0.2, 0.25) is 11.8 Å². The lowest BCUT2D eigenvalue weighted by molar-refractivity contribution is -0.130. The summed E-state index contributed by atoms with van der Waals surface area (Å²) in [6.45, 7) is 2.40. The van der Waals surface area contributed by atoms with Gasteiger partial charge in [0.15, 0.2) is 0 Å². The second-order valence-corrected chi connectivity index (χ2v) is 5.82. The van der Waals surface area contributed by atoms with E-state index in [9.17, 15) is 9.59 Å². The maximum Gasteiger partial charge on any atom is 0.223 e. The monoisotopic (exact) mass is 266 g/mol. The largest absolute Gasteiger partial charge is 0.356 e. The third-order valence-electron chi connectivity index (χ3n) is 4.30. The first kappa shape index (κ1) is 14.4. The molecule has 1 aliphatic heterocycles. The molecule has 2 rings (SSSR count). The summed E-state index contributed by atoms with van der Waals surface area (Å²) in [6, 6.07) is 0. The minimum Gasteiger partial charge on any atom is -0.356 e. The predicted molar refractivity (Wildman–Crippen MR) is 74.6 cm³/mol. The van der Waals surface area contributed by atoms with Gasteiger partial charge in [-0.15, -0.1) is 0 Å². The van der Waals surface area contributed by atoms with E-state index >= 15 is 0 Å². The van der Waals surface area contributed by atoms with Crippen molar-refractivity contribution in [3.8, 4) is 0 Å². The number of hydrogen-bond donors (Lipinski definition) is 1. The highest BCUT2D eigenvalue weighted by Crippen LogP contribution is 2.24.